The highest BCUT2D eigenvalue weighted by atomic mass is 16.7. The highest BCUT2D eigenvalue weighted by Gasteiger charge is 2.44. The van der Waals surface area contributed by atoms with Crippen LogP contribution >= 0.6 is 0 Å². The number of allylic oxidation sites excluding steroid dienone is 1. The Labute approximate surface area is 127 Å². The number of ketones is 1. The predicted molar refractivity (Wildman–Crippen MR) is 72.7 cm³/mol. The number of rotatable bonds is 5. The molecule has 0 radical (unpaired) electrons. The molecule has 126 valence electrons. The van der Waals surface area contributed by atoms with Gasteiger partial charge in [-0.3, -0.25) is 4.79 Å². The molecule has 0 bridgehead atoms. The van der Waals surface area contributed by atoms with Gasteiger partial charge in [-0.05, 0) is 18.6 Å². The first-order valence-electron chi connectivity index (χ1n) is 7.23. The van der Waals surface area contributed by atoms with Crippen LogP contribution in [0.25, 0.3) is 0 Å². The lowest BCUT2D eigenvalue weighted by molar-refractivity contribution is -0.302. The van der Waals surface area contributed by atoms with E-state index in [9.17, 15) is 25.2 Å². The molecule has 0 aromatic carbocycles. The third kappa shape index (κ3) is 3.90. The summed E-state index contributed by atoms with van der Waals surface area (Å²) >= 11 is 0. The fraction of sp³-hybridized carbons (Fsp3) is 0.786. The summed E-state index contributed by atoms with van der Waals surface area (Å²) in [6.45, 7) is -0.517. The van der Waals surface area contributed by atoms with E-state index in [1.807, 2.05) is 0 Å². The number of aliphatic hydroxyl groups is 5. The standard InChI is InChI=1S/C14H22O8/c15-7-9-10(17)11(18)12(19)13(22-9)21-6-5-14(20)3-1-8(16)2-4-14/h1,3,9-13,15,17-20H,2,4-7H2/t9-,10-,11+,12-,13-,14+/m1/s1. The van der Waals surface area contributed by atoms with E-state index in [0.717, 1.165) is 0 Å². The number of hydrogen-bond donors (Lipinski definition) is 5. The van der Waals surface area contributed by atoms with Crippen LogP contribution in [0.15, 0.2) is 12.2 Å². The Morgan fingerprint density at radius 2 is 2.00 bits per heavy atom. The molecule has 2 rings (SSSR count). The summed E-state index contributed by atoms with van der Waals surface area (Å²) < 4.78 is 10.5. The van der Waals surface area contributed by atoms with Gasteiger partial charge in [-0.25, -0.2) is 0 Å². The highest BCUT2D eigenvalue weighted by Crippen LogP contribution is 2.26. The SMILES string of the molecule is O=C1C=C[C@@](O)(CCO[C@@H]2O[C@H](CO)[C@@H](O)[C@H](O)[C@H]2O)CC1. The van der Waals surface area contributed by atoms with E-state index in [1.165, 1.54) is 12.2 Å². The molecular formula is C14H22O8. The number of carbonyl (C=O) groups is 1. The number of aliphatic hydroxyl groups excluding tert-OH is 4. The number of ether oxygens (including phenoxy) is 2. The zero-order valence-corrected chi connectivity index (χ0v) is 12.0. The Balaban J connectivity index is 1.85. The molecule has 0 spiro atoms. The van der Waals surface area contributed by atoms with E-state index in [-0.39, 0.29) is 25.2 Å². The van der Waals surface area contributed by atoms with Crippen molar-refractivity contribution >= 4 is 5.78 Å². The van der Waals surface area contributed by atoms with Crippen molar-refractivity contribution < 1.29 is 39.8 Å². The van der Waals surface area contributed by atoms with Crippen LogP contribution in [0.3, 0.4) is 0 Å². The summed E-state index contributed by atoms with van der Waals surface area (Å²) in [5.41, 5.74) is -1.15. The van der Waals surface area contributed by atoms with Crippen molar-refractivity contribution in [1.82, 2.24) is 0 Å². The van der Waals surface area contributed by atoms with E-state index in [0.29, 0.717) is 6.42 Å². The second-order valence-electron chi connectivity index (χ2n) is 5.72. The van der Waals surface area contributed by atoms with E-state index in [2.05, 4.69) is 0 Å². The van der Waals surface area contributed by atoms with Gasteiger partial charge in [0, 0.05) is 12.8 Å². The van der Waals surface area contributed by atoms with Crippen LogP contribution < -0.4 is 0 Å². The van der Waals surface area contributed by atoms with Gasteiger partial charge in [0.25, 0.3) is 0 Å². The molecule has 6 atom stereocenters. The first-order valence-corrected chi connectivity index (χ1v) is 7.23. The average molecular weight is 318 g/mol. The molecule has 1 saturated heterocycles. The van der Waals surface area contributed by atoms with Crippen molar-refractivity contribution in [3.8, 4) is 0 Å². The predicted octanol–water partition coefficient (Wildman–Crippen LogP) is -2.16. The van der Waals surface area contributed by atoms with Crippen LogP contribution in [-0.2, 0) is 14.3 Å². The Morgan fingerprint density at radius 1 is 1.27 bits per heavy atom. The van der Waals surface area contributed by atoms with Crippen molar-refractivity contribution in [2.24, 2.45) is 0 Å². The summed E-state index contributed by atoms with van der Waals surface area (Å²) in [6.07, 6.45) is -3.14. The summed E-state index contributed by atoms with van der Waals surface area (Å²) in [5, 5.41) is 48.3. The Kier molecular flexibility index (Phi) is 5.67. The summed E-state index contributed by atoms with van der Waals surface area (Å²) in [7, 11) is 0. The molecule has 1 heterocycles. The quantitative estimate of drug-likeness (QED) is 0.387. The fourth-order valence-corrected chi connectivity index (χ4v) is 2.52. The third-order valence-corrected chi connectivity index (χ3v) is 4.05. The molecule has 8 nitrogen and oxygen atoms in total. The molecule has 0 amide bonds. The van der Waals surface area contributed by atoms with Crippen molar-refractivity contribution in [1.29, 1.82) is 0 Å². The van der Waals surface area contributed by atoms with Crippen LogP contribution in [-0.4, -0.2) is 80.8 Å². The Bertz CT molecular complexity index is 423. The van der Waals surface area contributed by atoms with Gasteiger partial charge in [0.15, 0.2) is 12.1 Å². The van der Waals surface area contributed by atoms with E-state index in [1.54, 1.807) is 0 Å². The maximum Gasteiger partial charge on any atom is 0.186 e. The zero-order valence-electron chi connectivity index (χ0n) is 12.0. The molecule has 1 fully saturated rings. The molecule has 0 aromatic rings. The van der Waals surface area contributed by atoms with Gasteiger partial charge >= 0.3 is 0 Å². The molecule has 0 unspecified atom stereocenters. The van der Waals surface area contributed by atoms with Crippen LogP contribution in [0, 0.1) is 0 Å². The monoisotopic (exact) mass is 318 g/mol. The molecule has 22 heavy (non-hydrogen) atoms. The van der Waals surface area contributed by atoms with Crippen molar-refractivity contribution in [2.45, 2.75) is 55.6 Å². The highest BCUT2D eigenvalue weighted by molar-refractivity contribution is 5.90. The van der Waals surface area contributed by atoms with Crippen LogP contribution in [0.2, 0.25) is 0 Å². The minimum Gasteiger partial charge on any atom is -0.394 e. The maximum absolute atomic E-state index is 11.1. The van der Waals surface area contributed by atoms with Gasteiger partial charge in [0.2, 0.25) is 0 Å². The van der Waals surface area contributed by atoms with Crippen molar-refractivity contribution in [3.63, 3.8) is 0 Å². The summed E-state index contributed by atoms with van der Waals surface area (Å²) in [6, 6.07) is 0. The van der Waals surface area contributed by atoms with Gasteiger partial charge in [-0.15, -0.1) is 0 Å². The molecule has 2 aliphatic rings. The lowest BCUT2D eigenvalue weighted by atomic mass is 9.88. The lowest BCUT2D eigenvalue weighted by Gasteiger charge is -2.40. The van der Waals surface area contributed by atoms with Crippen molar-refractivity contribution in [3.05, 3.63) is 12.2 Å². The van der Waals surface area contributed by atoms with Gasteiger partial charge < -0.3 is 35.0 Å². The van der Waals surface area contributed by atoms with Crippen LogP contribution in [0.4, 0.5) is 0 Å². The topological polar surface area (TPSA) is 137 Å². The molecular weight excluding hydrogens is 296 g/mol. The minimum absolute atomic E-state index is 0.0116. The largest absolute Gasteiger partial charge is 0.394 e. The van der Waals surface area contributed by atoms with E-state index in [4.69, 9.17) is 14.6 Å². The fourth-order valence-electron chi connectivity index (χ4n) is 2.52. The zero-order chi connectivity index (χ0) is 16.3. The van der Waals surface area contributed by atoms with Crippen LogP contribution in [0.1, 0.15) is 19.3 Å². The second kappa shape index (κ2) is 7.14. The first-order chi connectivity index (χ1) is 10.4. The van der Waals surface area contributed by atoms with Crippen LogP contribution in [0.5, 0.6) is 0 Å². The van der Waals surface area contributed by atoms with Gasteiger partial charge in [0.1, 0.15) is 24.4 Å². The number of hydrogen-bond acceptors (Lipinski definition) is 8. The minimum atomic E-state index is -1.49. The van der Waals surface area contributed by atoms with Gasteiger partial charge in [-0.1, -0.05) is 0 Å². The normalized spacial score (nSPS) is 42.6. The summed E-state index contributed by atoms with van der Waals surface area (Å²) in [4.78, 5) is 11.1. The smallest absolute Gasteiger partial charge is 0.186 e. The second-order valence-corrected chi connectivity index (χ2v) is 5.72. The maximum atomic E-state index is 11.1. The molecule has 0 aromatic heterocycles. The number of carbonyl (C=O) groups excluding carboxylic acids is 1. The van der Waals surface area contributed by atoms with Gasteiger partial charge in [-0.2, -0.15) is 0 Å². The molecule has 1 aliphatic heterocycles. The first kappa shape index (κ1) is 17.5. The molecule has 1 aliphatic carbocycles. The molecule has 5 N–H and O–H groups in total. The summed E-state index contributed by atoms with van der Waals surface area (Å²) in [5.74, 6) is -0.0421. The average Bonchev–Trinajstić information content (AvgIpc) is 2.50. The Morgan fingerprint density at radius 3 is 2.59 bits per heavy atom. The van der Waals surface area contributed by atoms with Gasteiger partial charge in [0.05, 0.1) is 18.8 Å². The van der Waals surface area contributed by atoms with E-state index >= 15 is 0 Å². The third-order valence-electron chi connectivity index (χ3n) is 4.05. The lowest BCUT2D eigenvalue weighted by Crippen LogP contribution is -2.59. The Hall–Kier alpha value is -0.870. The molecule has 8 heteroatoms. The van der Waals surface area contributed by atoms with E-state index < -0.39 is 42.9 Å². The van der Waals surface area contributed by atoms with Crippen molar-refractivity contribution in [2.75, 3.05) is 13.2 Å². The molecule has 0 saturated carbocycles.